The number of carbonyl (C=O) groups excluding carboxylic acids is 1. The molecule has 0 saturated heterocycles. The van der Waals surface area contributed by atoms with Gasteiger partial charge in [-0.15, -0.1) is 23.7 Å². The van der Waals surface area contributed by atoms with Crippen LogP contribution in [0.25, 0.3) is 11.3 Å². The lowest BCUT2D eigenvalue weighted by atomic mass is 10.1. The number of aryl methyl sites for hydroxylation is 2. The number of nitrogens with one attached hydrogen (secondary N) is 1. The van der Waals surface area contributed by atoms with E-state index < -0.39 is 6.04 Å². The number of benzene rings is 1. The second-order valence-electron chi connectivity index (χ2n) is 5.60. The van der Waals surface area contributed by atoms with Crippen LogP contribution in [0.3, 0.4) is 0 Å². The molecule has 6 heteroatoms. The third-order valence-electron chi connectivity index (χ3n) is 3.56. The zero-order chi connectivity index (χ0) is 15.6. The van der Waals surface area contributed by atoms with Crippen molar-refractivity contribution < 1.29 is 4.79 Å². The van der Waals surface area contributed by atoms with Crippen LogP contribution in [-0.2, 0) is 4.79 Å². The SMILES string of the molecule is Cc1ccc(-c2csc(NC(=O)C(N)C(C)C)n2)cc1C.Cl. The average Bonchev–Trinajstić information content (AvgIpc) is 2.89. The van der Waals surface area contributed by atoms with E-state index in [0.29, 0.717) is 5.13 Å². The Bertz CT molecular complexity index is 655. The Hall–Kier alpha value is -1.43. The standard InChI is InChI=1S/C16H21N3OS.ClH/c1-9(2)14(17)15(20)19-16-18-13(8-21-16)12-6-5-10(3)11(4)7-12;/h5-9,14H,17H2,1-4H3,(H,18,19,20);1H. The first-order valence-electron chi connectivity index (χ1n) is 6.98. The summed E-state index contributed by atoms with van der Waals surface area (Å²) in [5, 5.41) is 5.32. The number of halogens is 1. The van der Waals surface area contributed by atoms with Crippen LogP contribution in [0.15, 0.2) is 23.6 Å². The Morgan fingerprint density at radius 1 is 1.27 bits per heavy atom. The third-order valence-corrected chi connectivity index (χ3v) is 4.32. The largest absolute Gasteiger partial charge is 0.320 e. The van der Waals surface area contributed by atoms with Gasteiger partial charge >= 0.3 is 0 Å². The summed E-state index contributed by atoms with van der Waals surface area (Å²) >= 11 is 1.41. The topological polar surface area (TPSA) is 68.0 Å². The van der Waals surface area contributed by atoms with E-state index in [4.69, 9.17) is 5.73 Å². The summed E-state index contributed by atoms with van der Waals surface area (Å²) in [5.41, 5.74) is 10.2. The fourth-order valence-electron chi connectivity index (χ4n) is 1.86. The maximum Gasteiger partial charge on any atom is 0.243 e. The van der Waals surface area contributed by atoms with E-state index >= 15 is 0 Å². The van der Waals surface area contributed by atoms with Gasteiger partial charge in [0.1, 0.15) is 0 Å². The highest BCUT2D eigenvalue weighted by atomic mass is 35.5. The molecule has 0 radical (unpaired) electrons. The van der Waals surface area contributed by atoms with Crippen LogP contribution in [0.5, 0.6) is 0 Å². The van der Waals surface area contributed by atoms with Crippen molar-refractivity contribution in [1.82, 2.24) is 4.98 Å². The van der Waals surface area contributed by atoms with Gasteiger partial charge in [0.2, 0.25) is 5.91 Å². The fraction of sp³-hybridized carbons (Fsp3) is 0.375. The van der Waals surface area contributed by atoms with Crippen molar-refractivity contribution in [3.05, 3.63) is 34.7 Å². The normalized spacial score (nSPS) is 11.9. The summed E-state index contributed by atoms with van der Waals surface area (Å²) in [6, 6.07) is 5.72. The van der Waals surface area contributed by atoms with Crippen molar-refractivity contribution in [3.8, 4) is 11.3 Å². The van der Waals surface area contributed by atoms with Crippen LogP contribution < -0.4 is 11.1 Å². The predicted molar refractivity (Wildman–Crippen MR) is 95.7 cm³/mol. The van der Waals surface area contributed by atoms with Crippen LogP contribution in [-0.4, -0.2) is 16.9 Å². The number of amides is 1. The first kappa shape index (κ1) is 18.6. The summed E-state index contributed by atoms with van der Waals surface area (Å²) in [6.45, 7) is 8.01. The predicted octanol–water partition coefficient (Wildman–Crippen LogP) is 3.77. The molecule has 0 spiro atoms. The minimum Gasteiger partial charge on any atom is -0.320 e. The molecule has 3 N–H and O–H groups in total. The maximum absolute atomic E-state index is 11.9. The number of anilines is 1. The van der Waals surface area contributed by atoms with E-state index in [2.05, 4.69) is 36.3 Å². The molecule has 1 unspecified atom stereocenters. The molecule has 0 fully saturated rings. The van der Waals surface area contributed by atoms with E-state index in [1.165, 1.54) is 22.5 Å². The van der Waals surface area contributed by atoms with Crippen LogP contribution in [0.1, 0.15) is 25.0 Å². The first-order chi connectivity index (χ1) is 9.88. The molecule has 1 atom stereocenters. The molecule has 0 bridgehead atoms. The average molecular weight is 340 g/mol. The number of aromatic nitrogens is 1. The molecule has 4 nitrogen and oxygen atoms in total. The molecule has 1 aromatic heterocycles. The van der Waals surface area contributed by atoms with Gasteiger partial charge < -0.3 is 11.1 Å². The highest BCUT2D eigenvalue weighted by Gasteiger charge is 2.18. The second kappa shape index (κ2) is 7.72. The van der Waals surface area contributed by atoms with Gasteiger partial charge in [-0.2, -0.15) is 0 Å². The molecule has 22 heavy (non-hydrogen) atoms. The Kier molecular flexibility index (Phi) is 6.53. The van der Waals surface area contributed by atoms with Gasteiger partial charge in [-0.3, -0.25) is 4.79 Å². The number of thiazole rings is 1. The summed E-state index contributed by atoms with van der Waals surface area (Å²) in [7, 11) is 0. The molecule has 2 aromatic rings. The highest BCUT2D eigenvalue weighted by Crippen LogP contribution is 2.26. The van der Waals surface area contributed by atoms with Gasteiger partial charge in [-0.1, -0.05) is 26.0 Å². The minimum absolute atomic E-state index is 0. The lowest BCUT2D eigenvalue weighted by Crippen LogP contribution is -2.39. The van der Waals surface area contributed by atoms with Gasteiger partial charge in [0, 0.05) is 10.9 Å². The molecule has 2 rings (SSSR count). The molecule has 1 aromatic carbocycles. The van der Waals surface area contributed by atoms with E-state index in [0.717, 1.165) is 11.3 Å². The van der Waals surface area contributed by atoms with Gasteiger partial charge in [-0.05, 0) is 37.0 Å². The van der Waals surface area contributed by atoms with E-state index in [9.17, 15) is 4.79 Å². The third kappa shape index (κ3) is 4.29. The van der Waals surface area contributed by atoms with Gasteiger partial charge in [0.25, 0.3) is 0 Å². The van der Waals surface area contributed by atoms with Crippen molar-refractivity contribution in [2.45, 2.75) is 33.7 Å². The number of rotatable bonds is 4. The smallest absolute Gasteiger partial charge is 0.243 e. The van der Waals surface area contributed by atoms with Gasteiger partial charge in [0.05, 0.1) is 11.7 Å². The van der Waals surface area contributed by atoms with Crippen molar-refractivity contribution in [1.29, 1.82) is 0 Å². The Labute approximate surface area is 141 Å². The maximum atomic E-state index is 11.9. The molecule has 1 amide bonds. The molecule has 1 heterocycles. The van der Waals surface area contributed by atoms with Crippen LogP contribution >= 0.6 is 23.7 Å². The molecule has 0 aliphatic rings. The number of hydrogen-bond donors (Lipinski definition) is 2. The lowest BCUT2D eigenvalue weighted by molar-refractivity contribution is -0.118. The lowest BCUT2D eigenvalue weighted by Gasteiger charge is -2.13. The van der Waals surface area contributed by atoms with Gasteiger partial charge in [-0.25, -0.2) is 4.98 Å². The van der Waals surface area contributed by atoms with Crippen LogP contribution in [0.4, 0.5) is 5.13 Å². The van der Waals surface area contributed by atoms with Crippen LogP contribution in [0.2, 0.25) is 0 Å². The highest BCUT2D eigenvalue weighted by molar-refractivity contribution is 7.14. The van der Waals surface area contributed by atoms with Crippen molar-refractivity contribution in [2.24, 2.45) is 11.7 Å². The van der Waals surface area contributed by atoms with Crippen molar-refractivity contribution >= 4 is 34.8 Å². The zero-order valence-corrected chi connectivity index (χ0v) is 14.8. The minimum atomic E-state index is -0.515. The fourth-order valence-corrected chi connectivity index (χ4v) is 2.58. The molecule has 0 saturated carbocycles. The van der Waals surface area contributed by atoms with Crippen LogP contribution in [0, 0.1) is 19.8 Å². The Balaban J connectivity index is 0.00000242. The first-order valence-corrected chi connectivity index (χ1v) is 7.86. The number of hydrogen-bond acceptors (Lipinski definition) is 4. The molecule has 120 valence electrons. The van der Waals surface area contributed by atoms with Gasteiger partial charge in [0.15, 0.2) is 5.13 Å². The second-order valence-corrected chi connectivity index (χ2v) is 6.45. The van der Waals surface area contributed by atoms with E-state index in [1.807, 2.05) is 25.3 Å². The van der Waals surface area contributed by atoms with E-state index in [1.54, 1.807) is 0 Å². The van der Waals surface area contributed by atoms with Crippen molar-refractivity contribution in [2.75, 3.05) is 5.32 Å². The molecule has 0 aliphatic heterocycles. The summed E-state index contributed by atoms with van der Waals surface area (Å²) < 4.78 is 0. The van der Waals surface area contributed by atoms with Crippen molar-refractivity contribution in [3.63, 3.8) is 0 Å². The zero-order valence-electron chi connectivity index (χ0n) is 13.2. The quantitative estimate of drug-likeness (QED) is 0.890. The van der Waals surface area contributed by atoms with E-state index in [-0.39, 0.29) is 24.2 Å². The monoisotopic (exact) mass is 339 g/mol. The number of carbonyl (C=O) groups is 1. The summed E-state index contributed by atoms with van der Waals surface area (Å²) in [6.07, 6.45) is 0. The molecular weight excluding hydrogens is 318 g/mol. The molecule has 0 aliphatic carbocycles. The summed E-state index contributed by atoms with van der Waals surface area (Å²) in [5.74, 6) is -0.0878. The number of nitrogens with two attached hydrogens (primary N) is 1. The molecular formula is C16H22ClN3OS. The number of nitrogens with zero attached hydrogens (tertiary/aromatic N) is 1. The summed E-state index contributed by atoms with van der Waals surface area (Å²) in [4.78, 5) is 16.4. The Morgan fingerprint density at radius 3 is 2.55 bits per heavy atom. The Morgan fingerprint density at radius 2 is 1.95 bits per heavy atom.